The quantitative estimate of drug-likeness (QED) is 0.802. The van der Waals surface area contributed by atoms with Crippen LogP contribution in [0.25, 0.3) is 0 Å². The van der Waals surface area contributed by atoms with Crippen molar-refractivity contribution in [2.24, 2.45) is 0 Å². The van der Waals surface area contributed by atoms with Gasteiger partial charge in [-0.3, -0.25) is 4.79 Å². The molecule has 5 nitrogen and oxygen atoms in total. The van der Waals surface area contributed by atoms with Crippen molar-refractivity contribution in [2.45, 2.75) is 50.7 Å². The Hall–Kier alpha value is -0.0700. The van der Waals surface area contributed by atoms with Crippen molar-refractivity contribution in [3.8, 4) is 0 Å². The van der Waals surface area contributed by atoms with Crippen molar-refractivity contribution in [3.63, 3.8) is 0 Å². The molecule has 0 bridgehead atoms. The molecule has 3 rings (SSSR count). The lowest BCUT2D eigenvalue weighted by atomic mass is 10.1. The van der Waals surface area contributed by atoms with Crippen LogP contribution in [-0.4, -0.2) is 73.7 Å². The topological polar surface area (TPSA) is 44.8 Å². The normalized spacial score (nSPS) is 25.9. The molecule has 3 aliphatic heterocycles. The maximum absolute atomic E-state index is 12.3. The van der Waals surface area contributed by atoms with Crippen molar-refractivity contribution in [1.82, 2.24) is 15.1 Å². The lowest BCUT2D eigenvalue weighted by Gasteiger charge is -2.33. The Kier molecular flexibility index (Phi) is 9.78. The van der Waals surface area contributed by atoms with Crippen LogP contribution in [0.3, 0.4) is 0 Å². The number of nitrogens with zero attached hydrogens (tertiary/aromatic N) is 2. The number of carbonyl (C=O) groups is 1. The van der Waals surface area contributed by atoms with Crippen LogP contribution in [-0.2, 0) is 9.53 Å². The van der Waals surface area contributed by atoms with Gasteiger partial charge in [0.25, 0.3) is 0 Å². The monoisotopic (exact) mass is 367 g/mol. The summed E-state index contributed by atoms with van der Waals surface area (Å²) in [5, 5.41) is 3.30. The summed E-state index contributed by atoms with van der Waals surface area (Å²) in [6.45, 7) is 7.13. The largest absolute Gasteiger partial charge is 0.377 e. The second-order valence-corrected chi connectivity index (χ2v) is 6.59. The first kappa shape index (κ1) is 21.0. The highest BCUT2D eigenvalue weighted by Crippen LogP contribution is 2.17. The molecule has 0 radical (unpaired) electrons. The molecule has 1 atom stereocenters. The number of nitrogens with one attached hydrogen (secondary N) is 1. The van der Waals surface area contributed by atoms with Gasteiger partial charge in [0.15, 0.2) is 0 Å². The minimum Gasteiger partial charge on any atom is -0.377 e. The number of hydrogen-bond acceptors (Lipinski definition) is 4. The molecule has 7 heteroatoms. The van der Waals surface area contributed by atoms with Crippen LogP contribution >= 0.6 is 24.8 Å². The van der Waals surface area contributed by atoms with Crippen LogP contribution in [0.2, 0.25) is 0 Å². The van der Waals surface area contributed by atoms with E-state index in [0.717, 1.165) is 58.5 Å². The molecule has 3 heterocycles. The van der Waals surface area contributed by atoms with Gasteiger partial charge in [-0.2, -0.15) is 0 Å². The SMILES string of the molecule is Cl.Cl.O=C(C1CCCN1)N1CCC(OCCN2CCCC2)CC1. The summed E-state index contributed by atoms with van der Waals surface area (Å²) in [4.78, 5) is 16.8. The van der Waals surface area contributed by atoms with Gasteiger partial charge < -0.3 is 19.9 Å². The van der Waals surface area contributed by atoms with Crippen molar-refractivity contribution in [3.05, 3.63) is 0 Å². The number of rotatable bonds is 5. The molecule has 0 spiro atoms. The zero-order valence-corrected chi connectivity index (χ0v) is 15.5. The van der Waals surface area contributed by atoms with E-state index >= 15 is 0 Å². The van der Waals surface area contributed by atoms with Gasteiger partial charge >= 0.3 is 0 Å². The van der Waals surface area contributed by atoms with E-state index in [0.29, 0.717) is 12.0 Å². The fourth-order valence-electron chi connectivity index (χ4n) is 3.71. The van der Waals surface area contributed by atoms with Crippen molar-refractivity contribution >= 4 is 30.7 Å². The highest BCUT2D eigenvalue weighted by molar-refractivity contribution is 5.85. The van der Waals surface area contributed by atoms with Crippen LogP contribution in [0.1, 0.15) is 38.5 Å². The Morgan fingerprint density at radius 3 is 2.30 bits per heavy atom. The standard InChI is InChI=1S/C16H29N3O2.2ClH/c20-16(15-4-3-7-17-15)19-10-5-14(6-11-19)21-13-12-18-8-1-2-9-18;;/h14-15,17H,1-13H2;2*1H. The third kappa shape index (κ3) is 6.05. The number of ether oxygens (including phenoxy) is 1. The van der Waals surface area contributed by atoms with Crippen LogP contribution in [0.5, 0.6) is 0 Å². The fraction of sp³-hybridized carbons (Fsp3) is 0.938. The molecule has 1 unspecified atom stereocenters. The summed E-state index contributed by atoms with van der Waals surface area (Å²) in [5.74, 6) is 0.308. The molecule has 0 saturated carbocycles. The highest BCUT2D eigenvalue weighted by Gasteiger charge is 2.30. The fourth-order valence-corrected chi connectivity index (χ4v) is 3.71. The Morgan fingerprint density at radius 2 is 1.70 bits per heavy atom. The maximum Gasteiger partial charge on any atom is 0.239 e. The van der Waals surface area contributed by atoms with Crippen molar-refractivity contribution < 1.29 is 9.53 Å². The summed E-state index contributed by atoms with van der Waals surface area (Å²) >= 11 is 0. The summed E-state index contributed by atoms with van der Waals surface area (Å²) in [5.41, 5.74) is 0. The molecule has 3 saturated heterocycles. The van der Waals surface area contributed by atoms with Crippen LogP contribution < -0.4 is 5.32 Å². The molecule has 0 aromatic heterocycles. The number of piperidine rings is 1. The van der Waals surface area contributed by atoms with Crippen molar-refractivity contribution in [1.29, 1.82) is 0 Å². The molecule has 1 N–H and O–H groups in total. The first-order valence-corrected chi connectivity index (χ1v) is 8.69. The molecule has 0 aliphatic carbocycles. The van der Waals surface area contributed by atoms with E-state index in [-0.39, 0.29) is 30.9 Å². The van der Waals surface area contributed by atoms with Gasteiger partial charge in [-0.05, 0) is 58.2 Å². The maximum atomic E-state index is 12.3. The average Bonchev–Trinajstić information content (AvgIpc) is 3.21. The van der Waals surface area contributed by atoms with E-state index in [1.807, 2.05) is 4.90 Å². The number of hydrogen-bond donors (Lipinski definition) is 1. The zero-order valence-electron chi connectivity index (χ0n) is 13.9. The molecule has 3 fully saturated rings. The van der Waals surface area contributed by atoms with Gasteiger partial charge in [-0.15, -0.1) is 24.8 Å². The number of halogens is 2. The van der Waals surface area contributed by atoms with Crippen LogP contribution in [0.4, 0.5) is 0 Å². The summed E-state index contributed by atoms with van der Waals surface area (Å²) in [7, 11) is 0. The van der Waals surface area contributed by atoms with E-state index in [9.17, 15) is 4.79 Å². The third-order valence-electron chi connectivity index (χ3n) is 5.07. The van der Waals surface area contributed by atoms with Crippen molar-refractivity contribution in [2.75, 3.05) is 45.9 Å². The van der Waals surface area contributed by atoms with E-state index in [1.165, 1.54) is 25.9 Å². The lowest BCUT2D eigenvalue weighted by Crippen LogP contribution is -2.48. The Balaban J connectivity index is 0.00000132. The van der Waals surface area contributed by atoms with Gasteiger partial charge in [0.05, 0.1) is 18.8 Å². The minimum atomic E-state index is 0. The Labute approximate surface area is 152 Å². The van der Waals surface area contributed by atoms with Crippen LogP contribution in [0, 0.1) is 0 Å². The van der Waals surface area contributed by atoms with E-state index < -0.39 is 0 Å². The van der Waals surface area contributed by atoms with Gasteiger partial charge in [-0.1, -0.05) is 0 Å². The highest BCUT2D eigenvalue weighted by atomic mass is 35.5. The second-order valence-electron chi connectivity index (χ2n) is 6.59. The molecule has 136 valence electrons. The van der Waals surface area contributed by atoms with Crippen LogP contribution in [0.15, 0.2) is 0 Å². The number of amides is 1. The number of carbonyl (C=O) groups excluding carboxylic acids is 1. The van der Waals surface area contributed by atoms with E-state index in [1.54, 1.807) is 0 Å². The molecule has 23 heavy (non-hydrogen) atoms. The van der Waals surface area contributed by atoms with Gasteiger partial charge in [0.1, 0.15) is 0 Å². The zero-order chi connectivity index (χ0) is 14.5. The Morgan fingerprint density at radius 1 is 1.00 bits per heavy atom. The molecule has 0 aromatic carbocycles. The molecular weight excluding hydrogens is 337 g/mol. The average molecular weight is 368 g/mol. The third-order valence-corrected chi connectivity index (χ3v) is 5.07. The summed E-state index contributed by atoms with van der Waals surface area (Å²) < 4.78 is 6.00. The predicted octanol–water partition coefficient (Wildman–Crippen LogP) is 1.69. The first-order chi connectivity index (χ1) is 10.3. The number of likely N-dealkylation sites (tertiary alicyclic amines) is 2. The summed E-state index contributed by atoms with van der Waals surface area (Å²) in [6, 6.07) is 0.0811. The smallest absolute Gasteiger partial charge is 0.239 e. The first-order valence-electron chi connectivity index (χ1n) is 8.69. The molecular formula is C16H31Cl2N3O2. The van der Waals surface area contributed by atoms with E-state index in [4.69, 9.17) is 4.74 Å². The van der Waals surface area contributed by atoms with Gasteiger partial charge in [0, 0.05) is 19.6 Å². The van der Waals surface area contributed by atoms with Gasteiger partial charge in [-0.25, -0.2) is 0 Å². The molecule has 0 aromatic rings. The predicted molar refractivity (Wildman–Crippen MR) is 96.7 cm³/mol. The lowest BCUT2D eigenvalue weighted by molar-refractivity contribution is -0.135. The molecule has 3 aliphatic rings. The minimum absolute atomic E-state index is 0. The summed E-state index contributed by atoms with van der Waals surface area (Å²) in [6.07, 6.45) is 7.17. The Bertz CT molecular complexity index is 340. The molecule has 1 amide bonds. The second kappa shape index (κ2) is 10.7. The van der Waals surface area contributed by atoms with Gasteiger partial charge in [0.2, 0.25) is 5.91 Å². The van der Waals surface area contributed by atoms with E-state index in [2.05, 4.69) is 10.2 Å².